The third-order valence-electron chi connectivity index (χ3n) is 2.48. The van der Waals surface area contributed by atoms with E-state index in [1.807, 2.05) is 0 Å². The molecule has 8 nitrogen and oxygen atoms in total. The van der Waals surface area contributed by atoms with Crippen molar-refractivity contribution in [1.82, 2.24) is 10.9 Å². The second-order valence-corrected chi connectivity index (χ2v) is 4.11. The SMILES string of the molecule is O=C(COC(=O)c1cccc(O)c1)NNC(=O)c1ccco1. The van der Waals surface area contributed by atoms with Gasteiger partial charge in [0.1, 0.15) is 5.75 Å². The van der Waals surface area contributed by atoms with Crippen LogP contribution in [0.3, 0.4) is 0 Å². The number of hydrogen-bond acceptors (Lipinski definition) is 6. The Morgan fingerprint density at radius 3 is 2.64 bits per heavy atom. The fourth-order valence-electron chi connectivity index (χ4n) is 1.48. The number of carbonyl (C=O) groups is 3. The lowest BCUT2D eigenvalue weighted by Crippen LogP contribution is -2.43. The summed E-state index contributed by atoms with van der Waals surface area (Å²) < 4.78 is 9.55. The molecular formula is C14H12N2O6. The van der Waals surface area contributed by atoms with Crippen molar-refractivity contribution < 1.29 is 28.6 Å². The van der Waals surface area contributed by atoms with Gasteiger partial charge in [-0.15, -0.1) is 0 Å². The number of amides is 2. The second-order valence-electron chi connectivity index (χ2n) is 4.11. The summed E-state index contributed by atoms with van der Waals surface area (Å²) in [5.74, 6) is -2.21. The number of rotatable bonds is 4. The third kappa shape index (κ3) is 4.10. The highest BCUT2D eigenvalue weighted by molar-refractivity contribution is 5.94. The fourth-order valence-corrected chi connectivity index (χ4v) is 1.48. The van der Waals surface area contributed by atoms with Gasteiger partial charge in [-0.3, -0.25) is 20.4 Å². The highest BCUT2D eigenvalue weighted by Crippen LogP contribution is 2.11. The highest BCUT2D eigenvalue weighted by atomic mass is 16.5. The number of carbonyl (C=O) groups excluding carboxylic acids is 3. The van der Waals surface area contributed by atoms with Crippen molar-refractivity contribution in [1.29, 1.82) is 0 Å². The van der Waals surface area contributed by atoms with Crippen molar-refractivity contribution in [3.05, 3.63) is 54.0 Å². The van der Waals surface area contributed by atoms with Gasteiger partial charge in [0, 0.05) is 0 Å². The quantitative estimate of drug-likeness (QED) is 0.562. The van der Waals surface area contributed by atoms with Crippen LogP contribution < -0.4 is 10.9 Å². The van der Waals surface area contributed by atoms with Gasteiger partial charge in [0.05, 0.1) is 11.8 Å². The number of nitrogens with one attached hydrogen (secondary N) is 2. The summed E-state index contributed by atoms with van der Waals surface area (Å²) in [7, 11) is 0. The minimum Gasteiger partial charge on any atom is -0.508 e. The van der Waals surface area contributed by atoms with E-state index in [2.05, 4.69) is 10.9 Å². The molecule has 2 aromatic rings. The Morgan fingerprint density at radius 2 is 1.95 bits per heavy atom. The maximum absolute atomic E-state index is 11.6. The molecule has 1 aromatic heterocycles. The Labute approximate surface area is 124 Å². The molecular weight excluding hydrogens is 292 g/mol. The maximum Gasteiger partial charge on any atom is 0.338 e. The molecule has 0 fully saturated rings. The zero-order chi connectivity index (χ0) is 15.9. The first-order valence-electron chi connectivity index (χ1n) is 6.15. The molecule has 0 unspecified atom stereocenters. The molecule has 0 spiro atoms. The lowest BCUT2D eigenvalue weighted by Gasteiger charge is -2.07. The molecule has 0 atom stereocenters. The van der Waals surface area contributed by atoms with Crippen LogP contribution in [-0.2, 0) is 9.53 Å². The van der Waals surface area contributed by atoms with Crippen LogP contribution >= 0.6 is 0 Å². The molecule has 1 aromatic carbocycles. The largest absolute Gasteiger partial charge is 0.508 e. The van der Waals surface area contributed by atoms with Gasteiger partial charge < -0.3 is 14.3 Å². The van der Waals surface area contributed by atoms with Gasteiger partial charge in [-0.2, -0.15) is 0 Å². The summed E-state index contributed by atoms with van der Waals surface area (Å²) in [5.41, 5.74) is 4.26. The van der Waals surface area contributed by atoms with E-state index in [9.17, 15) is 19.5 Å². The molecule has 0 bridgehead atoms. The van der Waals surface area contributed by atoms with E-state index in [0.29, 0.717) is 0 Å². The summed E-state index contributed by atoms with van der Waals surface area (Å²) in [6, 6.07) is 8.44. The molecule has 8 heteroatoms. The highest BCUT2D eigenvalue weighted by Gasteiger charge is 2.12. The van der Waals surface area contributed by atoms with Crippen LogP contribution in [0.2, 0.25) is 0 Å². The molecule has 0 saturated carbocycles. The molecule has 0 aliphatic rings. The van der Waals surface area contributed by atoms with E-state index in [1.165, 1.54) is 42.7 Å². The van der Waals surface area contributed by atoms with Gasteiger partial charge in [-0.1, -0.05) is 6.07 Å². The monoisotopic (exact) mass is 304 g/mol. The van der Waals surface area contributed by atoms with Gasteiger partial charge in [-0.05, 0) is 30.3 Å². The van der Waals surface area contributed by atoms with Crippen molar-refractivity contribution in [2.75, 3.05) is 6.61 Å². The average Bonchev–Trinajstić information content (AvgIpc) is 3.04. The first-order chi connectivity index (χ1) is 10.6. The Morgan fingerprint density at radius 1 is 1.14 bits per heavy atom. The molecule has 1 heterocycles. The van der Waals surface area contributed by atoms with Crippen LogP contribution in [-0.4, -0.2) is 29.5 Å². The molecule has 0 saturated heterocycles. The zero-order valence-corrected chi connectivity index (χ0v) is 11.2. The lowest BCUT2D eigenvalue weighted by atomic mass is 10.2. The Bertz CT molecular complexity index is 680. The summed E-state index contributed by atoms with van der Waals surface area (Å²) in [5, 5.41) is 9.23. The number of phenols is 1. The molecule has 3 N–H and O–H groups in total. The molecule has 0 radical (unpaired) electrons. The van der Waals surface area contributed by atoms with Crippen LogP contribution in [0.15, 0.2) is 47.1 Å². The maximum atomic E-state index is 11.6. The fraction of sp³-hybridized carbons (Fsp3) is 0.0714. The Kier molecular flexibility index (Phi) is 4.76. The Hall–Kier alpha value is -3.29. The number of esters is 1. The van der Waals surface area contributed by atoms with E-state index in [4.69, 9.17) is 9.15 Å². The number of benzene rings is 1. The summed E-state index contributed by atoms with van der Waals surface area (Å²) in [6.07, 6.45) is 1.31. The van der Waals surface area contributed by atoms with Crippen molar-refractivity contribution in [2.24, 2.45) is 0 Å². The third-order valence-corrected chi connectivity index (χ3v) is 2.48. The number of aromatic hydroxyl groups is 1. The van der Waals surface area contributed by atoms with Gasteiger partial charge in [-0.25, -0.2) is 4.79 Å². The lowest BCUT2D eigenvalue weighted by molar-refractivity contribution is -0.125. The second kappa shape index (κ2) is 6.93. The molecule has 22 heavy (non-hydrogen) atoms. The van der Waals surface area contributed by atoms with Gasteiger partial charge in [0.25, 0.3) is 5.91 Å². The Balaban J connectivity index is 1.76. The normalized spacial score (nSPS) is 9.82. The first-order valence-corrected chi connectivity index (χ1v) is 6.15. The van der Waals surface area contributed by atoms with Gasteiger partial charge >= 0.3 is 11.9 Å². The predicted molar refractivity (Wildman–Crippen MR) is 72.7 cm³/mol. The molecule has 2 amide bonds. The minimum atomic E-state index is -0.775. The van der Waals surface area contributed by atoms with Crippen molar-refractivity contribution in [3.63, 3.8) is 0 Å². The van der Waals surface area contributed by atoms with E-state index in [1.54, 1.807) is 0 Å². The summed E-state index contributed by atoms with van der Waals surface area (Å²) in [4.78, 5) is 34.5. The number of hydrazine groups is 1. The molecule has 2 rings (SSSR count). The first kappa shape index (κ1) is 15.1. The van der Waals surface area contributed by atoms with Crippen LogP contribution in [0.25, 0.3) is 0 Å². The van der Waals surface area contributed by atoms with Crippen molar-refractivity contribution in [2.45, 2.75) is 0 Å². The molecule has 114 valence electrons. The topological polar surface area (TPSA) is 118 Å². The van der Waals surface area contributed by atoms with Crippen molar-refractivity contribution in [3.8, 4) is 5.75 Å². The predicted octanol–water partition coefficient (Wildman–Crippen LogP) is 0.603. The standard InChI is InChI=1S/C14H12N2O6/c17-10-4-1-3-9(7-10)14(20)22-8-12(18)15-16-13(19)11-5-2-6-21-11/h1-7,17H,8H2,(H,15,18)(H,16,19). The van der Waals surface area contributed by atoms with E-state index < -0.39 is 24.4 Å². The van der Waals surface area contributed by atoms with E-state index in [0.717, 1.165) is 0 Å². The zero-order valence-electron chi connectivity index (χ0n) is 11.2. The van der Waals surface area contributed by atoms with Gasteiger partial charge in [0.2, 0.25) is 0 Å². The van der Waals surface area contributed by atoms with Crippen LogP contribution in [0.1, 0.15) is 20.9 Å². The minimum absolute atomic E-state index is 0.0251. The van der Waals surface area contributed by atoms with Crippen LogP contribution in [0.4, 0.5) is 0 Å². The van der Waals surface area contributed by atoms with Gasteiger partial charge in [0.15, 0.2) is 12.4 Å². The average molecular weight is 304 g/mol. The summed E-state index contributed by atoms with van der Waals surface area (Å²) in [6.45, 7) is -0.590. The number of phenolic OH excluding ortho intramolecular Hbond substituents is 1. The molecule has 0 aliphatic heterocycles. The number of ether oxygens (including phenoxy) is 1. The van der Waals surface area contributed by atoms with Crippen LogP contribution in [0.5, 0.6) is 5.75 Å². The molecule has 0 aliphatic carbocycles. The number of hydrogen-bond donors (Lipinski definition) is 3. The van der Waals surface area contributed by atoms with Crippen LogP contribution in [0, 0.1) is 0 Å². The smallest absolute Gasteiger partial charge is 0.338 e. The summed E-state index contributed by atoms with van der Waals surface area (Å²) >= 11 is 0. The number of furan rings is 1. The van der Waals surface area contributed by atoms with E-state index in [-0.39, 0.29) is 17.1 Å². The van der Waals surface area contributed by atoms with E-state index >= 15 is 0 Å². The van der Waals surface area contributed by atoms with Crippen molar-refractivity contribution >= 4 is 17.8 Å².